The molecule has 0 aliphatic carbocycles. The Kier molecular flexibility index (Phi) is 3.51. The minimum absolute atomic E-state index is 0.323. The van der Waals surface area contributed by atoms with Gasteiger partial charge in [0.15, 0.2) is 9.04 Å². The van der Waals surface area contributed by atoms with Crippen LogP contribution in [0.4, 0.5) is 0 Å². The number of hydrogen-bond donors (Lipinski definition) is 0. The minimum atomic E-state index is -1.23. The third kappa shape index (κ3) is 2.37. The first kappa shape index (κ1) is 12.6. The molecule has 19 heavy (non-hydrogen) atoms. The maximum Gasteiger partial charge on any atom is 0.192 e. The van der Waals surface area contributed by atoms with Crippen molar-refractivity contribution in [2.24, 2.45) is 0 Å². The summed E-state index contributed by atoms with van der Waals surface area (Å²) in [7, 11) is -1.55. The van der Waals surface area contributed by atoms with Crippen LogP contribution in [0.1, 0.15) is 0 Å². The lowest BCUT2D eigenvalue weighted by Crippen LogP contribution is -2.31. The molecule has 96 valence electrons. The van der Waals surface area contributed by atoms with Gasteiger partial charge in [-0.25, -0.2) is 0 Å². The van der Waals surface area contributed by atoms with Crippen molar-refractivity contribution in [3.8, 4) is 0 Å². The Bertz CT molecular complexity index is 724. The minimum Gasteiger partial charge on any atom is -0.460 e. The molecule has 0 aromatic heterocycles. The zero-order valence-corrected chi connectivity index (χ0v) is 14.0. The normalized spacial score (nSPS) is 13.6. The van der Waals surface area contributed by atoms with Gasteiger partial charge in [0.05, 0.1) is 0 Å². The summed E-state index contributed by atoms with van der Waals surface area (Å²) in [5.74, 6) is 0. The van der Waals surface area contributed by atoms with Gasteiger partial charge in [0.25, 0.3) is 0 Å². The summed E-state index contributed by atoms with van der Waals surface area (Å²) in [6.07, 6.45) is 0. The summed E-state index contributed by atoms with van der Waals surface area (Å²) in [6, 6.07) is 19.8. The first-order valence-electron chi connectivity index (χ1n) is 6.82. The summed E-state index contributed by atoms with van der Waals surface area (Å²) < 4.78 is 6.03. The van der Waals surface area contributed by atoms with E-state index in [1.807, 2.05) is 0 Å². The molecule has 0 N–H and O–H groups in total. The monoisotopic (exact) mass is 282 g/mol. The van der Waals surface area contributed by atoms with Crippen LogP contribution in [0, 0.1) is 0 Å². The molecule has 0 saturated carbocycles. The van der Waals surface area contributed by atoms with Crippen LogP contribution in [-0.2, 0) is 4.12 Å². The summed E-state index contributed by atoms with van der Waals surface area (Å²) in [4.78, 5) is 0. The fourth-order valence-electron chi connectivity index (χ4n) is 2.69. The second-order valence-electron chi connectivity index (χ2n) is 4.87. The molecule has 0 aliphatic rings. The molecular weight excluding hydrogens is 264 g/mol. The van der Waals surface area contributed by atoms with Gasteiger partial charge in [-0.1, -0.05) is 49.0 Å². The highest BCUT2D eigenvalue weighted by molar-refractivity contribution is 6.72. The fourth-order valence-corrected chi connectivity index (χ4v) is 6.47. The molecule has 0 aliphatic heterocycles. The van der Waals surface area contributed by atoms with E-state index in [1.165, 1.54) is 26.7 Å². The number of fused-ring (bicyclic) bond motifs is 2. The Labute approximate surface area is 117 Å². The van der Waals surface area contributed by atoms with Crippen LogP contribution in [0.3, 0.4) is 0 Å². The highest BCUT2D eigenvalue weighted by atomic mass is 28.3. The first-order valence-corrected chi connectivity index (χ1v) is 11.0. The van der Waals surface area contributed by atoms with Crippen LogP contribution in [0.15, 0.2) is 54.6 Å². The van der Waals surface area contributed by atoms with Crippen molar-refractivity contribution in [2.75, 3.05) is 0 Å². The van der Waals surface area contributed by atoms with Crippen LogP contribution >= 0.6 is 0 Å². The third-order valence-electron chi connectivity index (χ3n) is 3.64. The maximum absolute atomic E-state index is 6.03. The van der Waals surface area contributed by atoms with E-state index in [4.69, 9.17) is 4.12 Å². The zero-order chi connectivity index (χ0) is 13.2. The van der Waals surface area contributed by atoms with Gasteiger partial charge < -0.3 is 4.12 Å². The van der Waals surface area contributed by atoms with Gasteiger partial charge in [-0.15, -0.1) is 0 Å². The Morgan fingerprint density at radius 2 is 1.58 bits per heavy atom. The van der Waals surface area contributed by atoms with E-state index in [0.717, 1.165) is 0 Å². The van der Waals surface area contributed by atoms with Crippen LogP contribution in [0.2, 0.25) is 13.1 Å². The number of benzene rings is 3. The molecule has 0 fully saturated rings. The smallest absolute Gasteiger partial charge is 0.192 e. The SMILES string of the molecule is C[SiH2]O[SiH](C)c1cccc2cc3ccccc3cc12. The van der Waals surface area contributed by atoms with Crippen LogP contribution in [0.25, 0.3) is 21.5 Å². The molecule has 1 atom stereocenters. The largest absolute Gasteiger partial charge is 0.460 e. The van der Waals surface area contributed by atoms with Crippen molar-refractivity contribution in [3.63, 3.8) is 0 Å². The molecule has 1 unspecified atom stereocenters. The molecule has 1 nitrogen and oxygen atoms in total. The van der Waals surface area contributed by atoms with Crippen molar-refractivity contribution in [3.05, 3.63) is 54.6 Å². The van der Waals surface area contributed by atoms with Crippen molar-refractivity contribution >= 4 is 45.5 Å². The topological polar surface area (TPSA) is 9.23 Å². The van der Waals surface area contributed by atoms with Crippen LogP contribution in [-0.4, -0.2) is 18.8 Å². The molecule has 0 bridgehead atoms. The van der Waals surface area contributed by atoms with Crippen molar-refractivity contribution < 1.29 is 4.12 Å². The standard InChI is InChI=1S/C16H18OSi2/c1-18-17-19(2)16-9-5-8-14-10-12-6-3-4-7-13(12)11-15(14)16/h3-11,19H,18H2,1-2H3. The van der Waals surface area contributed by atoms with E-state index >= 15 is 0 Å². The van der Waals surface area contributed by atoms with Gasteiger partial charge in [0.2, 0.25) is 0 Å². The maximum atomic E-state index is 6.03. The Morgan fingerprint density at radius 3 is 2.32 bits per heavy atom. The van der Waals surface area contributed by atoms with Crippen molar-refractivity contribution in [2.45, 2.75) is 13.1 Å². The van der Waals surface area contributed by atoms with E-state index in [9.17, 15) is 0 Å². The lowest BCUT2D eigenvalue weighted by molar-refractivity contribution is 0.636. The molecule has 0 radical (unpaired) electrons. The summed E-state index contributed by atoms with van der Waals surface area (Å²) in [5.41, 5.74) is 0. The van der Waals surface area contributed by atoms with Crippen LogP contribution in [0.5, 0.6) is 0 Å². The van der Waals surface area contributed by atoms with Crippen molar-refractivity contribution in [1.82, 2.24) is 0 Å². The van der Waals surface area contributed by atoms with E-state index in [2.05, 4.69) is 67.7 Å². The second kappa shape index (κ2) is 5.29. The molecular formula is C16H18OSi2. The summed E-state index contributed by atoms with van der Waals surface area (Å²) in [6.45, 7) is 4.50. The summed E-state index contributed by atoms with van der Waals surface area (Å²) in [5, 5.41) is 6.78. The first-order chi connectivity index (χ1) is 9.29. The second-order valence-corrected chi connectivity index (χ2v) is 8.68. The predicted molar refractivity (Wildman–Crippen MR) is 89.6 cm³/mol. The van der Waals surface area contributed by atoms with Crippen molar-refractivity contribution in [1.29, 1.82) is 0 Å². The molecule has 3 heteroatoms. The van der Waals surface area contributed by atoms with E-state index < -0.39 is 9.04 Å². The molecule has 0 heterocycles. The van der Waals surface area contributed by atoms with E-state index in [-0.39, 0.29) is 9.76 Å². The van der Waals surface area contributed by atoms with Gasteiger partial charge in [0, 0.05) is 0 Å². The quantitative estimate of drug-likeness (QED) is 0.530. The van der Waals surface area contributed by atoms with E-state index in [1.54, 1.807) is 0 Å². The Morgan fingerprint density at radius 1 is 0.895 bits per heavy atom. The summed E-state index contributed by atoms with van der Waals surface area (Å²) >= 11 is 0. The molecule has 0 amide bonds. The average Bonchev–Trinajstić information content (AvgIpc) is 2.44. The molecule has 0 saturated heterocycles. The molecule has 3 aromatic rings. The van der Waals surface area contributed by atoms with Gasteiger partial charge in [-0.05, 0) is 45.4 Å². The van der Waals surface area contributed by atoms with E-state index in [0.29, 0.717) is 0 Å². The molecule has 0 spiro atoms. The molecule has 3 aromatic carbocycles. The highest BCUT2D eigenvalue weighted by Crippen LogP contribution is 2.21. The van der Waals surface area contributed by atoms with Gasteiger partial charge in [-0.3, -0.25) is 0 Å². The lowest BCUT2D eigenvalue weighted by atomic mass is 10.0. The zero-order valence-electron chi connectivity index (χ0n) is 11.4. The predicted octanol–water partition coefficient (Wildman–Crippen LogP) is 2.70. The lowest BCUT2D eigenvalue weighted by Gasteiger charge is -2.14. The third-order valence-corrected chi connectivity index (χ3v) is 8.35. The fraction of sp³-hybridized carbons (Fsp3) is 0.125. The van der Waals surface area contributed by atoms with Crippen LogP contribution < -0.4 is 5.19 Å². The highest BCUT2D eigenvalue weighted by Gasteiger charge is 2.11. The number of hydrogen-bond acceptors (Lipinski definition) is 1. The van der Waals surface area contributed by atoms with Gasteiger partial charge >= 0.3 is 0 Å². The molecule has 3 rings (SSSR count). The van der Waals surface area contributed by atoms with Gasteiger partial charge in [0.1, 0.15) is 9.76 Å². The van der Waals surface area contributed by atoms with Gasteiger partial charge in [-0.2, -0.15) is 0 Å². The average molecular weight is 282 g/mol. The number of rotatable bonds is 3. The Hall–Kier alpha value is -1.43. The Balaban J connectivity index is 2.26.